The number of nitrogens with zero attached hydrogens (tertiary/aromatic N) is 3. The van der Waals surface area contributed by atoms with E-state index < -0.39 is 6.85 Å². The van der Waals surface area contributed by atoms with E-state index >= 15 is 0 Å². The number of fused-ring (bicyclic) bond motifs is 3. The number of imidazole rings is 1. The van der Waals surface area contributed by atoms with Crippen LogP contribution in [0.5, 0.6) is 0 Å². The Kier molecular flexibility index (Phi) is 2.15. The molecule has 0 saturated heterocycles. The number of benzene rings is 1. The molecule has 3 aromatic heterocycles. The maximum atomic E-state index is 7.57. The van der Waals surface area contributed by atoms with Crippen molar-refractivity contribution in [1.82, 2.24) is 9.38 Å². The molecule has 0 saturated carbocycles. The van der Waals surface area contributed by atoms with Gasteiger partial charge in [0.1, 0.15) is 23.7 Å². The molecule has 0 bridgehead atoms. The third kappa shape index (κ3) is 1.90. The molecule has 0 N–H and O–H groups in total. The first-order valence-corrected chi connectivity index (χ1v) is 7.22. The Balaban J connectivity index is 1.92. The van der Waals surface area contributed by atoms with Crippen LogP contribution in [0.15, 0.2) is 54.9 Å². The van der Waals surface area contributed by atoms with Crippen molar-refractivity contribution in [3.05, 3.63) is 66.0 Å². The van der Waals surface area contributed by atoms with Gasteiger partial charge in [0.15, 0.2) is 6.20 Å². The lowest BCUT2D eigenvalue weighted by Crippen LogP contribution is -2.30. The standard InChI is InChI=1S/C19H18N3/c1-13-7-8-15(14(2)10-13)17-11-16-18(12-21(17)3)22-9-5-4-6-19(22)20-16/h4-12H,1-3H3/q+1/i1D3. The Morgan fingerprint density at radius 2 is 2.09 bits per heavy atom. The first-order chi connectivity index (χ1) is 11.8. The van der Waals surface area contributed by atoms with Gasteiger partial charge in [-0.25, -0.2) is 4.98 Å². The molecule has 0 spiro atoms. The predicted octanol–water partition coefficient (Wildman–Crippen LogP) is 3.60. The average Bonchev–Trinajstić information content (AvgIpc) is 2.91. The summed E-state index contributed by atoms with van der Waals surface area (Å²) < 4.78 is 26.8. The first-order valence-electron chi connectivity index (χ1n) is 8.72. The largest absolute Gasteiger partial charge is 0.295 e. The highest BCUT2D eigenvalue weighted by molar-refractivity contribution is 5.82. The van der Waals surface area contributed by atoms with Gasteiger partial charge in [-0.15, -0.1) is 0 Å². The van der Waals surface area contributed by atoms with E-state index in [2.05, 4.69) is 26.2 Å². The summed E-state index contributed by atoms with van der Waals surface area (Å²) in [5.74, 6) is 0. The monoisotopic (exact) mass is 291 g/mol. The van der Waals surface area contributed by atoms with Gasteiger partial charge >= 0.3 is 0 Å². The minimum Gasteiger partial charge on any atom is -0.295 e. The van der Waals surface area contributed by atoms with E-state index in [9.17, 15) is 0 Å². The lowest BCUT2D eigenvalue weighted by Gasteiger charge is -2.05. The molecule has 0 aliphatic carbocycles. The Morgan fingerprint density at radius 1 is 1.18 bits per heavy atom. The highest BCUT2D eigenvalue weighted by Gasteiger charge is 2.16. The molecule has 108 valence electrons. The van der Waals surface area contributed by atoms with Crippen LogP contribution >= 0.6 is 0 Å². The molecule has 0 atom stereocenters. The predicted molar refractivity (Wildman–Crippen MR) is 88.8 cm³/mol. The first kappa shape index (κ1) is 10.1. The van der Waals surface area contributed by atoms with Gasteiger partial charge in [0, 0.05) is 21.9 Å². The Morgan fingerprint density at radius 3 is 2.91 bits per heavy atom. The van der Waals surface area contributed by atoms with E-state index in [0.29, 0.717) is 5.56 Å². The fourth-order valence-corrected chi connectivity index (χ4v) is 2.97. The van der Waals surface area contributed by atoms with Crippen molar-refractivity contribution in [1.29, 1.82) is 0 Å². The molecule has 3 nitrogen and oxygen atoms in total. The quantitative estimate of drug-likeness (QED) is 0.491. The number of aromatic nitrogens is 3. The summed E-state index contributed by atoms with van der Waals surface area (Å²) >= 11 is 0. The Bertz CT molecular complexity index is 1110. The SMILES string of the molecule is [2H]C([2H])([2H])c1ccc(-c2cc3nc4ccccn4c3c[n+]2C)c(C)c1. The molecule has 0 aliphatic rings. The summed E-state index contributed by atoms with van der Waals surface area (Å²) in [6.45, 7) is -0.143. The van der Waals surface area contributed by atoms with E-state index in [1.165, 1.54) is 0 Å². The topological polar surface area (TPSA) is 21.2 Å². The fourth-order valence-electron chi connectivity index (χ4n) is 2.97. The summed E-state index contributed by atoms with van der Waals surface area (Å²) in [7, 11) is 1.99. The van der Waals surface area contributed by atoms with Crippen LogP contribution in [0, 0.1) is 13.8 Å². The van der Waals surface area contributed by atoms with Gasteiger partial charge in [-0.3, -0.25) is 4.40 Å². The second-order valence-corrected chi connectivity index (χ2v) is 5.61. The molecule has 1 aromatic carbocycles. The van der Waals surface area contributed by atoms with Crippen LogP contribution in [0.4, 0.5) is 0 Å². The smallest absolute Gasteiger partial charge is 0.214 e. The van der Waals surface area contributed by atoms with Gasteiger partial charge in [-0.1, -0.05) is 23.8 Å². The van der Waals surface area contributed by atoms with Crippen LogP contribution in [-0.4, -0.2) is 9.38 Å². The highest BCUT2D eigenvalue weighted by atomic mass is 15.0. The van der Waals surface area contributed by atoms with E-state index in [1.54, 1.807) is 12.1 Å². The summed E-state index contributed by atoms with van der Waals surface area (Å²) in [5, 5.41) is 0. The fraction of sp³-hybridized carbons (Fsp3) is 0.158. The molecular formula is C19H18N3+. The van der Waals surface area contributed by atoms with Crippen LogP contribution in [0.1, 0.15) is 15.2 Å². The molecule has 22 heavy (non-hydrogen) atoms. The van der Waals surface area contributed by atoms with Crippen LogP contribution in [0.2, 0.25) is 0 Å². The molecule has 4 rings (SSSR count). The van der Waals surface area contributed by atoms with Gasteiger partial charge in [0.2, 0.25) is 5.69 Å². The zero-order valence-electron chi connectivity index (χ0n) is 15.5. The molecule has 0 unspecified atom stereocenters. The van der Waals surface area contributed by atoms with Crippen molar-refractivity contribution < 1.29 is 8.68 Å². The summed E-state index contributed by atoms with van der Waals surface area (Å²) in [5.41, 5.74) is 6.18. The number of hydrogen-bond donors (Lipinski definition) is 0. The number of hydrogen-bond acceptors (Lipinski definition) is 1. The number of pyridine rings is 2. The third-order valence-corrected chi connectivity index (χ3v) is 4.07. The van der Waals surface area contributed by atoms with Gasteiger partial charge in [0.25, 0.3) is 0 Å². The highest BCUT2D eigenvalue weighted by Crippen LogP contribution is 2.24. The van der Waals surface area contributed by atoms with E-state index in [0.717, 1.165) is 33.5 Å². The van der Waals surface area contributed by atoms with Crippen LogP contribution in [-0.2, 0) is 7.05 Å². The van der Waals surface area contributed by atoms with Crippen molar-refractivity contribution in [2.45, 2.75) is 13.8 Å². The van der Waals surface area contributed by atoms with E-state index in [1.807, 2.05) is 44.4 Å². The summed E-state index contributed by atoms with van der Waals surface area (Å²) in [6.07, 6.45) is 4.06. The minimum absolute atomic E-state index is 0.366. The molecule has 0 aliphatic heterocycles. The normalized spacial score (nSPS) is 14.0. The van der Waals surface area contributed by atoms with Crippen LogP contribution in [0.3, 0.4) is 0 Å². The van der Waals surface area contributed by atoms with Gasteiger partial charge < -0.3 is 0 Å². The molecule has 0 fully saturated rings. The maximum absolute atomic E-state index is 7.57. The zero-order valence-corrected chi connectivity index (χ0v) is 12.5. The van der Waals surface area contributed by atoms with Gasteiger partial charge in [0.05, 0.1) is 0 Å². The molecule has 3 heteroatoms. The molecule has 0 radical (unpaired) electrons. The van der Waals surface area contributed by atoms with Crippen molar-refractivity contribution in [2.75, 3.05) is 0 Å². The van der Waals surface area contributed by atoms with Gasteiger partial charge in [-0.05, 0) is 37.5 Å². The summed E-state index contributed by atoms with van der Waals surface area (Å²) in [4.78, 5) is 4.69. The van der Waals surface area contributed by atoms with E-state index in [4.69, 9.17) is 4.11 Å². The van der Waals surface area contributed by atoms with Crippen molar-refractivity contribution in [3.63, 3.8) is 0 Å². The van der Waals surface area contributed by atoms with Crippen LogP contribution in [0.25, 0.3) is 27.9 Å². The summed E-state index contributed by atoms with van der Waals surface area (Å²) in [6, 6.07) is 13.3. The van der Waals surface area contributed by atoms with Crippen molar-refractivity contribution in [2.24, 2.45) is 7.05 Å². The minimum atomic E-state index is -2.09. The average molecular weight is 291 g/mol. The molecule has 4 aromatic rings. The van der Waals surface area contributed by atoms with Crippen molar-refractivity contribution >= 4 is 16.7 Å². The number of aryl methyl sites for hydroxylation is 3. The maximum Gasteiger partial charge on any atom is 0.214 e. The lowest BCUT2D eigenvalue weighted by molar-refractivity contribution is -0.659. The Labute approximate surface area is 133 Å². The van der Waals surface area contributed by atoms with Crippen LogP contribution < -0.4 is 4.57 Å². The third-order valence-electron chi connectivity index (χ3n) is 4.07. The lowest BCUT2D eigenvalue weighted by atomic mass is 10.0. The second-order valence-electron chi connectivity index (χ2n) is 5.61. The van der Waals surface area contributed by atoms with Gasteiger partial charge in [-0.2, -0.15) is 4.57 Å². The van der Waals surface area contributed by atoms with Crippen molar-refractivity contribution in [3.8, 4) is 11.3 Å². The Hall–Kier alpha value is -2.68. The molecular weight excluding hydrogens is 270 g/mol. The van der Waals surface area contributed by atoms with E-state index in [-0.39, 0.29) is 0 Å². The molecule has 0 amide bonds. The number of rotatable bonds is 1. The zero-order chi connectivity index (χ0) is 17.8. The second kappa shape index (κ2) is 4.67. The molecule has 3 heterocycles.